The molecule has 0 saturated carbocycles. The number of benzene rings is 2. The lowest BCUT2D eigenvalue weighted by Gasteiger charge is -2.35. The number of nitrogens with zero attached hydrogens (tertiary/aromatic N) is 1. The van der Waals surface area contributed by atoms with Crippen molar-refractivity contribution in [1.82, 2.24) is 5.32 Å². The fourth-order valence-electron chi connectivity index (χ4n) is 3.58. The predicted molar refractivity (Wildman–Crippen MR) is 140 cm³/mol. The third kappa shape index (κ3) is 9.70. The molecule has 0 aliphatic carbocycles. The van der Waals surface area contributed by atoms with Crippen molar-refractivity contribution in [2.24, 2.45) is 17.6 Å². The first-order valence-electron chi connectivity index (χ1n) is 12.1. The molecule has 2 rings (SSSR count). The highest BCUT2D eigenvalue weighted by molar-refractivity contribution is 5.79. The minimum absolute atomic E-state index is 0.0616. The van der Waals surface area contributed by atoms with Crippen molar-refractivity contribution in [2.45, 2.75) is 59.4 Å². The van der Waals surface area contributed by atoms with Crippen LogP contribution in [0.15, 0.2) is 54.6 Å². The number of nitrogens with one attached hydrogen (secondary N) is 1. The number of primary amides is 1. The van der Waals surface area contributed by atoms with Gasteiger partial charge >= 0.3 is 0 Å². The summed E-state index contributed by atoms with van der Waals surface area (Å²) in [7, 11) is 0. The number of nitrogens with two attached hydrogens (primary N) is 1. The molecule has 1 atom stereocenters. The molecule has 0 spiro atoms. The number of rotatable bonds is 11. The van der Waals surface area contributed by atoms with Crippen molar-refractivity contribution in [1.29, 1.82) is 0 Å². The number of hydrogen-bond acceptors (Lipinski definition) is 3. The number of anilines is 1. The molecule has 1 unspecified atom stereocenters. The van der Waals surface area contributed by atoms with Gasteiger partial charge < -0.3 is 16.0 Å². The molecular formula is C29H39N3O2. The zero-order valence-electron chi connectivity index (χ0n) is 21.2. The molecule has 0 bridgehead atoms. The zero-order chi connectivity index (χ0) is 25.1. The maximum absolute atomic E-state index is 12.5. The molecule has 2 aromatic carbocycles. The van der Waals surface area contributed by atoms with Crippen LogP contribution in [0.4, 0.5) is 5.69 Å². The van der Waals surface area contributed by atoms with E-state index in [1.54, 1.807) is 6.92 Å². The van der Waals surface area contributed by atoms with E-state index >= 15 is 0 Å². The van der Waals surface area contributed by atoms with Gasteiger partial charge in [-0.15, -0.1) is 0 Å². The summed E-state index contributed by atoms with van der Waals surface area (Å²) in [6, 6.07) is 18.2. The van der Waals surface area contributed by atoms with Crippen molar-refractivity contribution in [3.05, 3.63) is 65.7 Å². The van der Waals surface area contributed by atoms with E-state index in [2.05, 4.69) is 48.0 Å². The van der Waals surface area contributed by atoms with Crippen LogP contribution in [0.25, 0.3) is 0 Å². The molecule has 2 amide bonds. The minimum atomic E-state index is -0.435. The molecule has 182 valence electrons. The highest BCUT2D eigenvalue weighted by Gasteiger charge is 2.25. The molecule has 0 heterocycles. The Morgan fingerprint density at radius 2 is 1.53 bits per heavy atom. The Labute approximate surface area is 205 Å². The van der Waals surface area contributed by atoms with Crippen LogP contribution >= 0.6 is 0 Å². The van der Waals surface area contributed by atoms with Crippen molar-refractivity contribution in [2.75, 3.05) is 18.0 Å². The second-order valence-corrected chi connectivity index (χ2v) is 10.0. The first-order chi connectivity index (χ1) is 16.1. The van der Waals surface area contributed by atoms with E-state index in [0.29, 0.717) is 18.9 Å². The van der Waals surface area contributed by atoms with E-state index in [9.17, 15) is 9.59 Å². The monoisotopic (exact) mass is 461 g/mol. The number of hydrogen-bond donors (Lipinski definition) is 2. The van der Waals surface area contributed by atoms with E-state index in [0.717, 1.165) is 29.8 Å². The molecule has 5 nitrogen and oxygen atoms in total. The summed E-state index contributed by atoms with van der Waals surface area (Å²) < 4.78 is 0. The maximum atomic E-state index is 12.5. The minimum Gasteiger partial charge on any atom is -0.369 e. The molecule has 5 heteroatoms. The number of carbonyl (C=O) groups excluding carboxylic acids is 2. The second-order valence-electron chi connectivity index (χ2n) is 10.0. The van der Waals surface area contributed by atoms with Crippen LogP contribution in [0, 0.1) is 23.7 Å². The van der Waals surface area contributed by atoms with Crippen LogP contribution in [0.3, 0.4) is 0 Å². The van der Waals surface area contributed by atoms with E-state index in [4.69, 9.17) is 5.73 Å². The Kier molecular flexibility index (Phi) is 10.2. The Morgan fingerprint density at radius 1 is 0.941 bits per heavy atom. The van der Waals surface area contributed by atoms with E-state index < -0.39 is 5.54 Å². The topological polar surface area (TPSA) is 75.4 Å². The quantitative estimate of drug-likeness (QED) is 0.475. The third-order valence-corrected chi connectivity index (χ3v) is 5.69. The molecule has 0 saturated heterocycles. The summed E-state index contributed by atoms with van der Waals surface area (Å²) in [5.74, 6) is 6.26. The van der Waals surface area contributed by atoms with Gasteiger partial charge in [-0.1, -0.05) is 50.8 Å². The molecule has 3 N–H and O–H groups in total. The van der Waals surface area contributed by atoms with Crippen LogP contribution in [0.2, 0.25) is 0 Å². The average molecular weight is 462 g/mol. The average Bonchev–Trinajstić information content (AvgIpc) is 2.79. The normalized spacial score (nSPS) is 11.9. The maximum Gasteiger partial charge on any atom is 0.220 e. The molecular weight excluding hydrogens is 422 g/mol. The van der Waals surface area contributed by atoms with Gasteiger partial charge in [0, 0.05) is 42.2 Å². The third-order valence-electron chi connectivity index (χ3n) is 5.69. The Hall–Kier alpha value is -3.26. The lowest BCUT2D eigenvalue weighted by Crippen LogP contribution is -2.52. The Morgan fingerprint density at radius 3 is 2.09 bits per heavy atom. The molecule has 34 heavy (non-hydrogen) atoms. The summed E-state index contributed by atoms with van der Waals surface area (Å²) in [4.78, 5) is 26.1. The van der Waals surface area contributed by atoms with Gasteiger partial charge in [-0.3, -0.25) is 9.59 Å². The number of carbonyl (C=O) groups is 2. The van der Waals surface area contributed by atoms with Gasteiger partial charge in [0.15, 0.2) is 0 Å². The standard InChI is InChI=1S/C29H39N3O2/c1-22(2)19-20-32(21-29(4,5)31-27(33)18-11-23(3)28(30)34)26-16-14-25(15-17-26)13-12-24-9-7-6-8-10-24/h6-10,14-17,22-23H,11,18-21H2,1-5H3,(H2,30,34)(H,31,33). The Bertz CT molecular complexity index is 986. The largest absolute Gasteiger partial charge is 0.369 e. The number of amides is 2. The zero-order valence-corrected chi connectivity index (χ0v) is 21.2. The molecule has 2 aromatic rings. The van der Waals surface area contributed by atoms with Crippen molar-refractivity contribution in [3.8, 4) is 11.8 Å². The van der Waals surface area contributed by atoms with Crippen LogP contribution in [0.5, 0.6) is 0 Å². The van der Waals surface area contributed by atoms with Gasteiger partial charge in [0.05, 0.1) is 5.54 Å². The summed E-state index contributed by atoms with van der Waals surface area (Å²) >= 11 is 0. The molecule has 0 aliphatic rings. The van der Waals surface area contributed by atoms with E-state index in [1.807, 2.05) is 56.3 Å². The van der Waals surface area contributed by atoms with Crippen LogP contribution in [0.1, 0.15) is 65.0 Å². The van der Waals surface area contributed by atoms with Gasteiger partial charge in [-0.25, -0.2) is 0 Å². The molecule has 0 aromatic heterocycles. The van der Waals surface area contributed by atoms with Crippen LogP contribution < -0.4 is 16.0 Å². The first-order valence-corrected chi connectivity index (χ1v) is 12.1. The Balaban J connectivity index is 2.08. The predicted octanol–water partition coefficient (Wildman–Crippen LogP) is 4.74. The molecule has 0 fully saturated rings. The summed E-state index contributed by atoms with van der Waals surface area (Å²) in [6.07, 6.45) is 1.80. The van der Waals surface area contributed by atoms with Gasteiger partial charge in [-0.05, 0) is 69.0 Å². The fraction of sp³-hybridized carbons (Fsp3) is 0.448. The van der Waals surface area contributed by atoms with E-state index in [-0.39, 0.29) is 24.2 Å². The van der Waals surface area contributed by atoms with Crippen molar-refractivity contribution < 1.29 is 9.59 Å². The fourth-order valence-corrected chi connectivity index (χ4v) is 3.58. The summed E-state index contributed by atoms with van der Waals surface area (Å²) in [6.45, 7) is 11.8. The van der Waals surface area contributed by atoms with Gasteiger partial charge in [-0.2, -0.15) is 0 Å². The first kappa shape index (κ1) is 27.0. The lowest BCUT2D eigenvalue weighted by molar-refractivity contribution is -0.124. The van der Waals surface area contributed by atoms with Gasteiger partial charge in [0.2, 0.25) is 11.8 Å². The second kappa shape index (κ2) is 12.8. The summed E-state index contributed by atoms with van der Waals surface area (Å²) in [5, 5.41) is 3.13. The van der Waals surface area contributed by atoms with Crippen LogP contribution in [-0.2, 0) is 9.59 Å². The SMILES string of the molecule is CC(C)CCN(CC(C)(C)NC(=O)CCC(C)C(N)=O)c1ccc(C#Cc2ccccc2)cc1. The van der Waals surface area contributed by atoms with Crippen LogP contribution in [-0.4, -0.2) is 30.4 Å². The van der Waals surface area contributed by atoms with Crippen molar-refractivity contribution in [3.63, 3.8) is 0 Å². The highest BCUT2D eigenvalue weighted by Crippen LogP contribution is 2.20. The molecule has 0 radical (unpaired) electrons. The van der Waals surface area contributed by atoms with Crippen molar-refractivity contribution >= 4 is 17.5 Å². The molecule has 0 aliphatic heterocycles. The van der Waals surface area contributed by atoms with Gasteiger partial charge in [0.25, 0.3) is 0 Å². The highest BCUT2D eigenvalue weighted by atomic mass is 16.2. The smallest absolute Gasteiger partial charge is 0.220 e. The van der Waals surface area contributed by atoms with Gasteiger partial charge in [0.1, 0.15) is 0 Å². The lowest BCUT2D eigenvalue weighted by atomic mass is 10.0. The summed E-state index contributed by atoms with van der Waals surface area (Å²) in [5.41, 5.74) is 7.94. The van der Waals surface area contributed by atoms with E-state index in [1.165, 1.54) is 0 Å².